The first-order chi connectivity index (χ1) is 11.5. The molecular weight excluding hydrogens is 328 g/mol. The number of carbonyl (C=O) groups excluding carboxylic acids is 2. The first-order valence-corrected chi connectivity index (χ1v) is 9.11. The van der Waals surface area contributed by atoms with Crippen LogP contribution in [0.5, 0.6) is 0 Å². The third kappa shape index (κ3) is 3.60. The Morgan fingerprint density at radius 2 is 2.21 bits per heavy atom. The number of likely N-dealkylation sites (N-methyl/N-ethyl adjacent to an activating group) is 1. The maximum atomic E-state index is 12.6. The molecule has 1 aliphatic heterocycles. The van der Waals surface area contributed by atoms with Gasteiger partial charge in [-0.25, -0.2) is 4.98 Å². The molecule has 24 heavy (non-hydrogen) atoms. The molecule has 0 spiro atoms. The van der Waals surface area contributed by atoms with Gasteiger partial charge in [-0.3, -0.25) is 9.59 Å². The third-order valence-electron chi connectivity index (χ3n) is 4.87. The number of nitrogens with one attached hydrogen (secondary N) is 1. The number of esters is 1. The highest BCUT2D eigenvalue weighted by atomic mass is 32.1. The lowest BCUT2D eigenvalue weighted by atomic mass is 9.82. The van der Waals surface area contributed by atoms with E-state index in [-0.39, 0.29) is 29.9 Å². The maximum absolute atomic E-state index is 12.6. The van der Waals surface area contributed by atoms with Crippen LogP contribution in [0, 0.1) is 5.92 Å². The van der Waals surface area contributed by atoms with Crippen LogP contribution in [0.3, 0.4) is 0 Å². The molecule has 0 saturated heterocycles. The smallest absolute Gasteiger partial charge is 0.308 e. The molecule has 3 rings (SSSR count). The van der Waals surface area contributed by atoms with Crippen molar-refractivity contribution in [2.45, 2.75) is 44.3 Å². The van der Waals surface area contributed by atoms with Gasteiger partial charge in [-0.05, 0) is 26.3 Å². The number of fused-ring (bicyclic) bond motifs is 1. The summed E-state index contributed by atoms with van der Waals surface area (Å²) in [4.78, 5) is 32.2. The highest BCUT2D eigenvalue weighted by Gasteiger charge is 2.34. The van der Waals surface area contributed by atoms with E-state index in [4.69, 9.17) is 10.5 Å². The number of rotatable bonds is 3. The van der Waals surface area contributed by atoms with Crippen LogP contribution in [0.1, 0.15) is 39.6 Å². The number of carbonyl (C=O) groups is 2. The topological polar surface area (TPSA) is 97.5 Å². The molecule has 3 atom stereocenters. The zero-order valence-electron chi connectivity index (χ0n) is 14.1. The Hall–Kier alpha value is -1.51. The number of nitrogens with zero attached hydrogens (tertiary/aromatic N) is 2. The molecule has 0 bridgehead atoms. The van der Waals surface area contributed by atoms with Crippen LogP contribution in [-0.2, 0) is 22.5 Å². The van der Waals surface area contributed by atoms with E-state index in [1.807, 2.05) is 0 Å². The first-order valence-electron chi connectivity index (χ1n) is 8.29. The number of thiazole rings is 1. The van der Waals surface area contributed by atoms with Gasteiger partial charge in [0, 0.05) is 36.5 Å². The third-order valence-corrected chi connectivity index (χ3v) is 5.95. The van der Waals surface area contributed by atoms with E-state index >= 15 is 0 Å². The number of ether oxygens (including phenoxy) is 1. The van der Waals surface area contributed by atoms with Gasteiger partial charge in [-0.15, -0.1) is 11.3 Å². The van der Waals surface area contributed by atoms with E-state index in [2.05, 4.69) is 22.2 Å². The van der Waals surface area contributed by atoms with Crippen molar-refractivity contribution in [1.82, 2.24) is 15.2 Å². The molecule has 8 heteroatoms. The minimum absolute atomic E-state index is 0.143. The molecule has 1 aromatic heterocycles. The summed E-state index contributed by atoms with van der Waals surface area (Å²) >= 11 is 1.45. The maximum Gasteiger partial charge on any atom is 0.308 e. The van der Waals surface area contributed by atoms with Crippen molar-refractivity contribution in [3.8, 4) is 0 Å². The molecular formula is C16H24N4O3S. The fourth-order valence-electron chi connectivity index (χ4n) is 3.39. The van der Waals surface area contributed by atoms with E-state index in [1.165, 1.54) is 18.4 Å². The highest BCUT2D eigenvalue weighted by Crippen LogP contribution is 2.27. The van der Waals surface area contributed by atoms with Crippen LogP contribution in [-0.4, -0.2) is 54.5 Å². The summed E-state index contributed by atoms with van der Waals surface area (Å²) < 4.78 is 4.82. The van der Waals surface area contributed by atoms with Gasteiger partial charge in [0.25, 0.3) is 5.91 Å². The lowest BCUT2D eigenvalue weighted by Gasteiger charge is -2.33. The van der Waals surface area contributed by atoms with Crippen LogP contribution in [0.2, 0.25) is 0 Å². The second-order valence-corrected chi connectivity index (χ2v) is 7.74. The second-order valence-electron chi connectivity index (χ2n) is 6.65. The lowest BCUT2D eigenvalue weighted by molar-refractivity contribution is -0.146. The number of aromatic nitrogens is 1. The largest absolute Gasteiger partial charge is 0.469 e. The van der Waals surface area contributed by atoms with E-state index < -0.39 is 0 Å². The van der Waals surface area contributed by atoms with Gasteiger partial charge in [-0.2, -0.15) is 0 Å². The summed E-state index contributed by atoms with van der Waals surface area (Å²) in [6.07, 6.45) is 2.80. The van der Waals surface area contributed by atoms with Crippen molar-refractivity contribution in [3.05, 3.63) is 15.6 Å². The van der Waals surface area contributed by atoms with Gasteiger partial charge in [-0.1, -0.05) is 0 Å². The van der Waals surface area contributed by atoms with Gasteiger partial charge >= 0.3 is 5.97 Å². The molecule has 0 aromatic carbocycles. The molecule has 1 fully saturated rings. The summed E-state index contributed by atoms with van der Waals surface area (Å²) in [7, 11) is 3.46. The molecule has 2 aliphatic rings. The second kappa shape index (κ2) is 7.16. The molecule has 2 heterocycles. The Bertz CT molecular complexity index is 633. The zero-order chi connectivity index (χ0) is 17.3. The number of amides is 1. The van der Waals surface area contributed by atoms with Gasteiger partial charge in [0.2, 0.25) is 0 Å². The summed E-state index contributed by atoms with van der Waals surface area (Å²) in [5.74, 6) is -0.616. The number of hydrogen-bond acceptors (Lipinski definition) is 7. The summed E-state index contributed by atoms with van der Waals surface area (Å²) in [5, 5.41) is 3.47. The predicted molar refractivity (Wildman–Crippen MR) is 90.7 cm³/mol. The molecule has 1 aliphatic carbocycles. The Labute approximate surface area is 145 Å². The average molecular weight is 352 g/mol. The SMILES string of the molecule is COC(=O)[C@@H]1CC[C@H](N)[C@H](NC(=O)c2nc3c(s2)CN(C)CC3)C1. The molecule has 1 saturated carbocycles. The van der Waals surface area contributed by atoms with Crippen molar-refractivity contribution < 1.29 is 14.3 Å². The molecule has 3 N–H and O–H groups in total. The Balaban J connectivity index is 1.66. The summed E-state index contributed by atoms with van der Waals surface area (Å²) in [6.45, 7) is 1.81. The van der Waals surface area contributed by atoms with Crippen molar-refractivity contribution in [1.29, 1.82) is 0 Å². The molecule has 1 amide bonds. The van der Waals surface area contributed by atoms with Crippen molar-refractivity contribution in [3.63, 3.8) is 0 Å². The van der Waals surface area contributed by atoms with Gasteiger partial charge in [0.15, 0.2) is 5.01 Å². The van der Waals surface area contributed by atoms with E-state index in [0.29, 0.717) is 24.3 Å². The minimum Gasteiger partial charge on any atom is -0.469 e. The van der Waals surface area contributed by atoms with E-state index in [1.54, 1.807) is 0 Å². The highest BCUT2D eigenvalue weighted by molar-refractivity contribution is 7.13. The quantitative estimate of drug-likeness (QED) is 0.770. The zero-order valence-corrected chi connectivity index (χ0v) is 14.9. The summed E-state index contributed by atoms with van der Waals surface area (Å²) in [6, 6.07) is -0.366. The lowest BCUT2D eigenvalue weighted by Crippen LogP contribution is -2.52. The van der Waals surface area contributed by atoms with Crippen molar-refractivity contribution in [2.24, 2.45) is 11.7 Å². The van der Waals surface area contributed by atoms with Crippen molar-refractivity contribution >= 4 is 23.2 Å². The molecule has 1 aromatic rings. The normalized spacial score (nSPS) is 27.4. The molecule has 0 unspecified atom stereocenters. The Kier molecular flexibility index (Phi) is 5.17. The fourth-order valence-corrected chi connectivity index (χ4v) is 4.48. The first kappa shape index (κ1) is 17.3. The fraction of sp³-hybridized carbons (Fsp3) is 0.688. The van der Waals surface area contributed by atoms with E-state index in [0.717, 1.165) is 30.1 Å². The van der Waals surface area contributed by atoms with Crippen molar-refractivity contribution in [2.75, 3.05) is 20.7 Å². The Morgan fingerprint density at radius 3 is 2.96 bits per heavy atom. The van der Waals surface area contributed by atoms with Crippen LogP contribution >= 0.6 is 11.3 Å². The van der Waals surface area contributed by atoms with Crippen LogP contribution in [0.25, 0.3) is 0 Å². The molecule has 7 nitrogen and oxygen atoms in total. The van der Waals surface area contributed by atoms with Gasteiger partial charge in [0.05, 0.1) is 18.7 Å². The standard InChI is InChI=1S/C16H24N4O3S/c1-20-6-5-11-13(8-20)24-15(19-11)14(21)18-12-7-9(16(22)23-2)3-4-10(12)17/h9-10,12H,3-8,17H2,1-2H3,(H,18,21)/t9-,10+,12-/m1/s1. The summed E-state index contributed by atoms with van der Waals surface area (Å²) in [5.41, 5.74) is 7.17. The molecule has 132 valence electrons. The minimum atomic E-state index is -0.228. The average Bonchev–Trinajstić information content (AvgIpc) is 2.99. The number of nitrogens with two attached hydrogens (primary N) is 1. The Morgan fingerprint density at radius 1 is 1.42 bits per heavy atom. The number of methoxy groups -OCH3 is 1. The van der Waals surface area contributed by atoms with Crippen LogP contribution in [0.15, 0.2) is 0 Å². The van der Waals surface area contributed by atoms with Crippen LogP contribution in [0.4, 0.5) is 0 Å². The van der Waals surface area contributed by atoms with Gasteiger partial charge in [0.1, 0.15) is 0 Å². The predicted octanol–water partition coefficient (Wildman–Crippen LogP) is 0.530. The van der Waals surface area contributed by atoms with E-state index in [9.17, 15) is 9.59 Å². The number of hydrogen-bond donors (Lipinski definition) is 2. The molecule has 0 radical (unpaired) electrons. The monoisotopic (exact) mass is 352 g/mol. The van der Waals surface area contributed by atoms with Crippen LogP contribution < -0.4 is 11.1 Å². The van der Waals surface area contributed by atoms with Gasteiger partial charge < -0.3 is 20.7 Å².